The highest BCUT2D eigenvalue weighted by molar-refractivity contribution is 8.26. The van der Waals surface area contributed by atoms with Crippen molar-refractivity contribution in [2.75, 3.05) is 26.9 Å². The van der Waals surface area contributed by atoms with E-state index in [1.807, 2.05) is 30.3 Å². The fourth-order valence-corrected chi connectivity index (χ4v) is 4.02. The molecule has 0 bridgehead atoms. The van der Waals surface area contributed by atoms with E-state index in [1.54, 1.807) is 12.0 Å². The molecule has 0 saturated carbocycles. The number of methoxy groups -OCH3 is 1. The Morgan fingerprint density at radius 3 is 2.57 bits per heavy atom. The molecule has 0 atom stereocenters. The van der Waals surface area contributed by atoms with E-state index in [9.17, 15) is 4.79 Å². The number of hydrogen-bond donors (Lipinski definition) is 0. The molecule has 23 heavy (non-hydrogen) atoms. The monoisotopic (exact) mass is 348 g/mol. The summed E-state index contributed by atoms with van der Waals surface area (Å²) < 4.78 is 5.80. The highest BCUT2D eigenvalue weighted by Crippen LogP contribution is 2.33. The van der Waals surface area contributed by atoms with Gasteiger partial charge in [0.2, 0.25) is 0 Å². The molecule has 4 nitrogen and oxygen atoms in total. The lowest BCUT2D eigenvalue weighted by Gasteiger charge is -2.29. The van der Waals surface area contributed by atoms with Crippen LogP contribution in [0, 0.1) is 0 Å². The summed E-state index contributed by atoms with van der Waals surface area (Å²) in [5.41, 5.74) is 0.976. The van der Waals surface area contributed by atoms with E-state index in [2.05, 4.69) is 4.90 Å². The number of ether oxygens (including phenoxy) is 1. The number of hydrogen-bond acceptors (Lipinski definition) is 5. The molecule has 0 unspecified atom stereocenters. The van der Waals surface area contributed by atoms with Crippen molar-refractivity contribution in [3.63, 3.8) is 0 Å². The molecule has 2 aliphatic rings. The van der Waals surface area contributed by atoms with Gasteiger partial charge in [-0.2, -0.15) is 0 Å². The fourth-order valence-electron chi connectivity index (χ4n) is 2.77. The first-order valence-electron chi connectivity index (χ1n) is 7.79. The molecule has 0 radical (unpaired) electrons. The third-order valence-corrected chi connectivity index (χ3v) is 5.46. The molecule has 2 aliphatic heterocycles. The Kier molecular flexibility index (Phi) is 5.35. The van der Waals surface area contributed by atoms with Crippen molar-refractivity contribution >= 4 is 40.3 Å². The number of piperidine rings is 1. The number of likely N-dealkylation sites (tertiary alicyclic amines) is 1. The van der Waals surface area contributed by atoms with E-state index >= 15 is 0 Å². The molecule has 1 aromatic rings. The minimum absolute atomic E-state index is 0.0152. The van der Waals surface area contributed by atoms with Crippen LogP contribution in [0.3, 0.4) is 0 Å². The SMILES string of the molecule is COc1ccc(/C=C2\SC(=S)N(CN3CCCCC3)C2=O)cc1. The third-order valence-electron chi connectivity index (χ3n) is 4.08. The Bertz CT molecular complexity index is 622. The molecule has 1 amide bonds. The van der Waals surface area contributed by atoms with Crippen LogP contribution in [0.4, 0.5) is 0 Å². The Labute approximate surface area is 146 Å². The maximum absolute atomic E-state index is 12.6. The van der Waals surface area contributed by atoms with Gasteiger partial charge in [-0.25, -0.2) is 0 Å². The van der Waals surface area contributed by atoms with Gasteiger partial charge in [0, 0.05) is 0 Å². The molecule has 122 valence electrons. The van der Waals surface area contributed by atoms with Gasteiger partial charge in [0.1, 0.15) is 10.1 Å². The Hall–Kier alpha value is -1.37. The van der Waals surface area contributed by atoms with Gasteiger partial charge in [0.15, 0.2) is 0 Å². The van der Waals surface area contributed by atoms with Gasteiger partial charge >= 0.3 is 0 Å². The molecular weight excluding hydrogens is 328 g/mol. The summed E-state index contributed by atoms with van der Waals surface area (Å²) in [6, 6.07) is 7.66. The average molecular weight is 348 g/mol. The molecule has 2 saturated heterocycles. The van der Waals surface area contributed by atoms with Crippen molar-refractivity contribution in [2.24, 2.45) is 0 Å². The van der Waals surface area contributed by atoms with Gasteiger partial charge in [-0.1, -0.05) is 42.5 Å². The second kappa shape index (κ2) is 7.47. The molecule has 2 fully saturated rings. The van der Waals surface area contributed by atoms with Crippen LogP contribution in [-0.4, -0.2) is 46.9 Å². The smallest absolute Gasteiger partial charge is 0.267 e. The molecule has 0 aromatic heterocycles. The molecule has 6 heteroatoms. The van der Waals surface area contributed by atoms with E-state index in [1.165, 1.54) is 31.0 Å². The fraction of sp³-hybridized carbons (Fsp3) is 0.412. The molecule has 0 aliphatic carbocycles. The number of rotatable bonds is 4. The first-order chi connectivity index (χ1) is 11.2. The first-order valence-corrected chi connectivity index (χ1v) is 9.01. The highest BCUT2D eigenvalue weighted by atomic mass is 32.2. The Morgan fingerprint density at radius 2 is 1.91 bits per heavy atom. The van der Waals surface area contributed by atoms with Crippen LogP contribution in [0.1, 0.15) is 24.8 Å². The molecule has 0 N–H and O–H groups in total. The average Bonchev–Trinajstić information content (AvgIpc) is 2.84. The van der Waals surface area contributed by atoms with Gasteiger partial charge in [-0.15, -0.1) is 0 Å². The highest BCUT2D eigenvalue weighted by Gasteiger charge is 2.33. The Morgan fingerprint density at radius 1 is 1.22 bits per heavy atom. The predicted molar refractivity (Wildman–Crippen MR) is 98.3 cm³/mol. The van der Waals surface area contributed by atoms with Crippen LogP contribution in [0.15, 0.2) is 29.2 Å². The zero-order valence-electron chi connectivity index (χ0n) is 13.2. The Balaban J connectivity index is 1.70. The lowest BCUT2D eigenvalue weighted by atomic mass is 10.1. The number of carbonyl (C=O) groups is 1. The van der Waals surface area contributed by atoms with Crippen molar-refractivity contribution in [3.8, 4) is 5.75 Å². The first kappa shape index (κ1) is 16.5. The number of thiocarbonyl (C=S) groups is 1. The maximum atomic E-state index is 12.6. The molecule has 2 heterocycles. The van der Waals surface area contributed by atoms with Crippen LogP contribution in [0.5, 0.6) is 5.75 Å². The topological polar surface area (TPSA) is 32.8 Å². The summed E-state index contributed by atoms with van der Waals surface area (Å²) in [5.74, 6) is 0.821. The largest absolute Gasteiger partial charge is 0.497 e. The molecule has 3 rings (SSSR count). The normalized spacial score (nSPS) is 21.3. The number of benzene rings is 1. The second-order valence-corrected chi connectivity index (χ2v) is 7.38. The number of amides is 1. The van der Waals surface area contributed by atoms with E-state index in [0.29, 0.717) is 15.9 Å². The lowest BCUT2D eigenvalue weighted by molar-refractivity contribution is -0.123. The molecule has 0 spiro atoms. The number of nitrogens with zero attached hydrogens (tertiary/aromatic N) is 2. The third kappa shape index (κ3) is 3.94. The number of thioether (sulfide) groups is 1. The summed E-state index contributed by atoms with van der Waals surface area (Å²) in [5, 5.41) is 0. The van der Waals surface area contributed by atoms with Crippen molar-refractivity contribution in [3.05, 3.63) is 34.7 Å². The summed E-state index contributed by atoms with van der Waals surface area (Å²) in [4.78, 5) is 17.3. The number of carbonyl (C=O) groups excluding carboxylic acids is 1. The summed E-state index contributed by atoms with van der Waals surface area (Å²) in [6.45, 7) is 2.72. The second-order valence-electron chi connectivity index (χ2n) is 5.70. The van der Waals surface area contributed by atoms with Crippen molar-refractivity contribution in [1.29, 1.82) is 0 Å². The molecule has 1 aromatic carbocycles. The van der Waals surface area contributed by atoms with Crippen LogP contribution in [0.25, 0.3) is 6.08 Å². The van der Waals surface area contributed by atoms with Crippen LogP contribution in [-0.2, 0) is 4.79 Å². The van der Waals surface area contributed by atoms with E-state index in [0.717, 1.165) is 24.4 Å². The summed E-state index contributed by atoms with van der Waals surface area (Å²) >= 11 is 6.79. The van der Waals surface area contributed by atoms with Crippen LogP contribution >= 0.6 is 24.0 Å². The predicted octanol–water partition coefficient (Wildman–Crippen LogP) is 3.34. The van der Waals surface area contributed by atoms with Crippen molar-refractivity contribution in [1.82, 2.24) is 9.80 Å². The van der Waals surface area contributed by atoms with E-state index in [-0.39, 0.29) is 5.91 Å². The van der Waals surface area contributed by atoms with Gasteiger partial charge in [-0.3, -0.25) is 14.6 Å². The maximum Gasteiger partial charge on any atom is 0.267 e. The minimum atomic E-state index is 0.0152. The van der Waals surface area contributed by atoms with Crippen molar-refractivity contribution < 1.29 is 9.53 Å². The van der Waals surface area contributed by atoms with Crippen LogP contribution in [0.2, 0.25) is 0 Å². The standard InChI is InChI=1S/C17H20N2O2S2/c1-21-14-7-5-13(6-8-14)11-15-16(20)19(17(22)23-15)12-18-9-3-2-4-10-18/h5-8,11H,2-4,9-10,12H2,1H3/b15-11-. The van der Waals surface area contributed by atoms with Crippen LogP contribution < -0.4 is 4.74 Å². The quantitative estimate of drug-likeness (QED) is 0.616. The van der Waals surface area contributed by atoms with Crippen molar-refractivity contribution in [2.45, 2.75) is 19.3 Å². The van der Waals surface area contributed by atoms with Gasteiger partial charge < -0.3 is 4.74 Å². The molecular formula is C17H20N2O2S2. The minimum Gasteiger partial charge on any atom is -0.497 e. The van der Waals surface area contributed by atoms with E-state index < -0.39 is 0 Å². The zero-order chi connectivity index (χ0) is 16.2. The summed E-state index contributed by atoms with van der Waals surface area (Å²) in [6.07, 6.45) is 5.59. The van der Waals surface area contributed by atoms with Gasteiger partial charge in [0.05, 0.1) is 18.7 Å². The van der Waals surface area contributed by atoms with Gasteiger partial charge in [-0.05, 0) is 49.7 Å². The van der Waals surface area contributed by atoms with Gasteiger partial charge in [0.25, 0.3) is 5.91 Å². The lowest BCUT2D eigenvalue weighted by Crippen LogP contribution is -2.42. The zero-order valence-corrected chi connectivity index (χ0v) is 14.8. The van der Waals surface area contributed by atoms with E-state index in [4.69, 9.17) is 17.0 Å². The summed E-state index contributed by atoms with van der Waals surface area (Å²) in [7, 11) is 1.64.